The Bertz CT molecular complexity index is 458. The van der Waals surface area contributed by atoms with E-state index < -0.39 is 18.4 Å². The molecule has 0 aromatic heterocycles. The summed E-state index contributed by atoms with van der Waals surface area (Å²) in [6.07, 6.45) is -3.44. The number of halogens is 3. The van der Waals surface area contributed by atoms with Crippen molar-refractivity contribution in [3.63, 3.8) is 0 Å². The number of rotatable bonds is 3. The zero-order valence-corrected chi connectivity index (χ0v) is 9.85. The van der Waals surface area contributed by atoms with Crippen molar-refractivity contribution in [2.24, 2.45) is 0 Å². The molecule has 1 heterocycles. The summed E-state index contributed by atoms with van der Waals surface area (Å²) in [5, 5.41) is 9.04. The summed E-state index contributed by atoms with van der Waals surface area (Å²) in [6, 6.07) is 4.61. The van der Waals surface area contributed by atoms with Gasteiger partial charge >= 0.3 is 12.3 Å². The molecular weight excluding hydrogens is 263 g/mol. The van der Waals surface area contributed by atoms with E-state index >= 15 is 0 Å². The molecule has 104 valence electrons. The van der Waals surface area contributed by atoms with Crippen LogP contribution in [0, 0.1) is 0 Å². The van der Waals surface area contributed by atoms with E-state index in [-0.39, 0.29) is 5.75 Å². The van der Waals surface area contributed by atoms with Gasteiger partial charge in [0.15, 0.2) is 0 Å². The summed E-state index contributed by atoms with van der Waals surface area (Å²) in [5.41, 5.74) is 0.583. The van der Waals surface area contributed by atoms with E-state index in [0.29, 0.717) is 18.7 Å². The Morgan fingerprint density at radius 2 is 1.95 bits per heavy atom. The third-order valence-electron chi connectivity index (χ3n) is 2.94. The summed E-state index contributed by atoms with van der Waals surface area (Å²) in [4.78, 5) is 12.7. The zero-order valence-electron chi connectivity index (χ0n) is 9.85. The molecule has 0 saturated carbocycles. The fraction of sp³-hybridized carbons (Fsp3) is 0.417. The fourth-order valence-corrected chi connectivity index (χ4v) is 2.17. The third-order valence-corrected chi connectivity index (χ3v) is 2.94. The molecule has 0 spiro atoms. The molecule has 0 bridgehead atoms. The molecular formula is C12H12F3NO3. The van der Waals surface area contributed by atoms with Gasteiger partial charge in [0.05, 0.1) is 0 Å². The van der Waals surface area contributed by atoms with Crippen LogP contribution in [0.25, 0.3) is 0 Å². The maximum Gasteiger partial charge on any atom is 0.573 e. The van der Waals surface area contributed by atoms with Crippen LogP contribution in [-0.2, 0) is 4.79 Å². The maximum absolute atomic E-state index is 12.0. The lowest BCUT2D eigenvalue weighted by Gasteiger charge is -2.23. The Labute approximate surface area is 107 Å². The van der Waals surface area contributed by atoms with Gasteiger partial charge in [-0.3, -0.25) is 0 Å². The molecule has 0 radical (unpaired) electrons. The van der Waals surface area contributed by atoms with Gasteiger partial charge in [-0.15, -0.1) is 13.2 Å². The molecule has 1 aromatic carbocycles. The topological polar surface area (TPSA) is 49.8 Å². The molecule has 19 heavy (non-hydrogen) atoms. The van der Waals surface area contributed by atoms with E-state index in [0.717, 1.165) is 6.42 Å². The molecule has 1 saturated heterocycles. The first-order chi connectivity index (χ1) is 8.87. The number of ether oxygens (including phenoxy) is 1. The molecule has 7 heteroatoms. The molecule has 1 aromatic rings. The minimum Gasteiger partial charge on any atom is -0.480 e. The van der Waals surface area contributed by atoms with Crippen LogP contribution in [0.5, 0.6) is 5.75 Å². The van der Waals surface area contributed by atoms with Crippen LogP contribution in [0.4, 0.5) is 18.9 Å². The lowest BCUT2D eigenvalue weighted by molar-refractivity contribution is -0.274. The van der Waals surface area contributed by atoms with Crippen LogP contribution >= 0.6 is 0 Å². The summed E-state index contributed by atoms with van der Waals surface area (Å²) in [5.74, 6) is -1.24. The van der Waals surface area contributed by atoms with E-state index in [9.17, 15) is 18.0 Å². The minimum atomic E-state index is -4.72. The Kier molecular flexibility index (Phi) is 3.55. The molecule has 1 N–H and O–H groups in total. The number of aliphatic carboxylic acids is 1. The lowest BCUT2D eigenvalue weighted by Crippen LogP contribution is -2.35. The number of alkyl halides is 3. The lowest BCUT2D eigenvalue weighted by atomic mass is 10.2. The van der Waals surface area contributed by atoms with Gasteiger partial charge in [0, 0.05) is 12.2 Å². The third kappa shape index (κ3) is 3.30. The van der Waals surface area contributed by atoms with Gasteiger partial charge in [0.2, 0.25) is 0 Å². The van der Waals surface area contributed by atoms with Gasteiger partial charge in [-0.25, -0.2) is 4.79 Å². The Morgan fingerprint density at radius 3 is 2.47 bits per heavy atom. The summed E-state index contributed by atoms with van der Waals surface area (Å²) in [6.45, 7) is 0.580. The van der Waals surface area contributed by atoms with Crippen LogP contribution in [0.2, 0.25) is 0 Å². The summed E-state index contributed by atoms with van der Waals surface area (Å²) in [7, 11) is 0. The average Bonchev–Trinajstić information content (AvgIpc) is 2.76. The number of carboxylic acid groups (broad SMARTS) is 1. The predicted molar refractivity (Wildman–Crippen MR) is 61.1 cm³/mol. The molecule has 0 amide bonds. The first-order valence-electron chi connectivity index (χ1n) is 5.72. The molecule has 0 aliphatic carbocycles. The standard InChI is InChI=1S/C12H12F3NO3/c13-12(14,15)19-9-5-3-8(4-6-9)16-7-1-2-10(16)11(17)18/h3-6,10H,1-2,7H2,(H,17,18)/t10-/m1/s1. The van der Waals surface area contributed by atoms with E-state index in [1.165, 1.54) is 24.3 Å². The summed E-state index contributed by atoms with van der Waals surface area (Å²) >= 11 is 0. The van der Waals surface area contributed by atoms with Crippen LogP contribution in [0.3, 0.4) is 0 Å². The van der Waals surface area contributed by atoms with Crippen LogP contribution in [0.1, 0.15) is 12.8 Å². The molecule has 2 rings (SSSR count). The monoisotopic (exact) mass is 275 g/mol. The quantitative estimate of drug-likeness (QED) is 0.921. The first kappa shape index (κ1) is 13.5. The minimum absolute atomic E-state index is 0.317. The summed E-state index contributed by atoms with van der Waals surface area (Å²) < 4.78 is 39.8. The number of hydrogen-bond acceptors (Lipinski definition) is 3. The Hall–Kier alpha value is -1.92. The van der Waals surface area contributed by atoms with Crippen molar-refractivity contribution in [2.45, 2.75) is 25.2 Å². The predicted octanol–water partition coefficient (Wildman–Crippen LogP) is 2.64. The van der Waals surface area contributed by atoms with Crippen molar-refractivity contribution >= 4 is 11.7 Å². The van der Waals surface area contributed by atoms with Gasteiger partial charge in [0.1, 0.15) is 11.8 Å². The largest absolute Gasteiger partial charge is 0.573 e. The average molecular weight is 275 g/mol. The SMILES string of the molecule is O=C(O)[C@H]1CCCN1c1ccc(OC(F)(F)F)cc1. The Morgan fingerprint density at radius 1 is 1.32 bits per heavy atom. The van der Waals surface area contributed by atoms with Gasteiger partial charge in [0.25, 0.3) is 0 Å². The van der Waals surface area contributed by atoms with Crippen molar-refractivity contribution < 1.29 is 27.8 Å². The highest BCUT2D eigenvalue weighted by Crippen LogP contribution is 2.29. The van der Waals surface area contributed by atoms with Crippen LogP contribution in [0.15, 0.2) is 24.3 Å². The first-order valence-corrected chi connectivity index (χ1v) is 5.72. The van der Waals surface area contributed by atoms with Crippen LogP contribution in [-0.4, -0.2) is 30.0 Å². The highest BCUT2D eigenvalue weighted by atomic mass is 19.4. The normalized spacial score (nSPS) is 19.5. The number of hydrogen-bond donors (Lipinski definition) is 1. The molecule has 1 aliphatic rings. The van der Waals surface area contributed by atoms with E-state index in [2.05, 4.69) is 4.74 Å². The second-order valence-electron chi connectivity index (χ2n) is 4.23. The van der Waals surface area contributed by atoms with Crippen molar-refractivity contribution in [3.05, 3.63) is 24.3 Å². The highest BCUT2D eigenvalue weighted by Gasteiger charge is 2.32. The zero-order chi connectivity index (χ0) is 14.0. The van der Waals surface area contributed by atoms with E-state index in [1.54, 1.807) is 4.90 Å². The van der Waals surface area contributed by atoms with Crippen molar-refractivity contribution in [1.82, 2.24) is 0 Å². The van der Waals surface area contributed by atoms with Crippen molar-refractivity contribution in [1.29, 1.82) is 0 Å². The molecule has 0 unspecified atom stereocenters. The number of benzene rings is 1. The smallest absolute Gasteiger partial charge is 0.480 e. The second-order valence-corrected chi connectivity index (χ2v) is 4.23. The van der Waals surface area contributed by atoms with Gasteiger partial charge in [-0.2, -0.15) is 0 Å². The molecule has 1 aliphatic heterocycles. The van der Waals surface area contributed by atoms with E-state index in [1.807, 2.05) is 0 Å². The Balaban J connectivity index is 2.12. The molecule has 1 atom stereocenters. The second kappa shape index (κ2) is 4.99. The number of carbonyl (C=O) groups is 1. The highest BCUT2D eigenvalue weighted by molar-refractivity contribution is 5.79. The van der Waals surface area contributed by atoms with E-state index in [4.69, 9.17) is 5.11 Å². The van der Waals surface area contributed by atoms with Gasteiger partial charge < -0.3 is 14.7 Å². The maximum atomic E-state index is 12.0. The fourth-order valence-electron chi connectivity index (χ4n) is 2.17. The molecule has 4 nitrogen and oxygen atoms in total. The number of carboxylic acids is 1. The van der Waals surface area contributed by atoms with Crippen molar-refractivity contribution in [3.8, 4) is 5.75 Å². The molecule has 1 fully saturated rings. The van der Waals surface area contributed by atoms with Gasteiger partial charge in [-0.05, 0) is 37.1 Å². The van der Waals surface area contributed by atoms with Gasteiger partial charge in [-0.1, -0.05) is 0 Å². The van der Waals surface area contributed by atoms with Crippen molar-refractivity contribution in [2.75, 3.05) is 11.4 Å². The van der Waals surface area contributed by atoms with Crippen LogP contribution < -0.4 is 9.64 Å². The number of nitrogens with zero attached hydrogens (tertiary/aromatic N) is 1. The number of anilines is 1.